The van der Waals surface area contributed by atoms with Crippen LogP contribution in [0.3, 0.4) is 0 Å². The number of aliphatic hydroxyl groups excluding tert-OH is 3. The minimum Gasteiger partial charge on any atom is -0.394 e. The van der Waals surface area contributed by atoms with Gasteiger partial charge < -0.3 is 20.6 Å². The number of amides is 1. The molecule has 0 aliphatic rings. The molecule has 5 heteroatoms. The Hall–Kier alpha value is -1.17. The van der Waals surface area contributed by atoms with Gasteiger partial charge in [-0.2, -0.15) is 0 Å². The van der Waals surface area contributed by atoms with E-state index in [-0.39, 0.29) is 6.61 Å². The fourth-order valence-electron chi connectivity index (χ4n) is 4.67. The highest BCUT2D eigenvalue weighted by Crippen LogP contribution is 2.13. The second-order valence-electron chi connectivity index (χ2n) is 11.0. The Balaban J connectivity index is 3.87. The Bertz CT molecular complexity index is 563. The van der Waals surface area contributed by atoms with Crippen LogP contribution in [0.2, 0.25) is 0 Å². The molecule has 4 N–H and O–H groups in total. The molecule has 0 heterocycles. The van der Waals surface area contributed by atoms with Gasteiger partial charge in [-0.3, -0.25) is 4.79 Å². The molecule has 0 bridgehead atoms. The van der Waals surface area contributed by atoms with E-state index < -0.39 is 24.2 Å². The van der Waals surface area contributed by atoms with Crippen molar-refractivity contribution in [3.05, 3.63) is 24.3 Å². The lowest BCUT2D eigenvalue weighted by Gasteiger charge is -2.21. The maximum absolute atomic E-state index is 12.3. The number of unbranched alkanes of at least 4 members (excludes halogenated alkanes) is 18. The fourth-order valence-corrected chi connectivity index (χ4v) is 4.67. The highest BCUT2D eigenvalue weighted by Gasteiger charge is 2.22. The molecule has 0 aliphatic carbocycles. The lowest BCUT2D eigenvalue weighted by molar-refractivity contribution is -0.131. The van der Waals surface area contributed by atoms with Crippen LogP contribution >= 0.6 is 0 Å². The number of hydrogen-bond donors (Lipinski definition) is 4. The lowest BCUT2D eigenvalue weighted by Crippen LogP contribution is -2.48. The van der Waals surface area contributed by atoms with E-state index in [1.54, 1.807) is 6.08 Å². The van der Waals surface area contributed by atoms with Crippen LogP contribution in [0.25, 0.3) is 0 Å². The third-order valence-electron chi connectivity index (χ3n) is 7.29. The zero-order chi connectivity index (χ0) is 28.1. The Morgan fingerprint density at radius 3 is 1.61 bits per heavy atom. The monoisotopic (exact) mass is 537 g/mol. The van der Waals surface area contributed by atoms with Crippen LogP contribution in [0, 0.1) is 0 Å². The third kappa shape index (κ3) is 23.9. The van der Waals surface area contributed by atoms with Gasteiger partial charge in [0.25, 0.3) is 0 Å². The molecule has 1 amide bonds. The lowest BCUT2D eigenvalue weighted by atomic mass is 10.0. The molecule has 0 radical (unpaired) electrons. The average molecular weight is 538 g/mol. The average Bonchev–Trinajstić information content (AvgIpc) is 2.92. The number of carbonyl (C=O) groups excluding carboxylic acids is 1. The van der Waals surface area contributed by atoms with Gasteiger partial charge in [0.1, 0.15) is 6.10 Å². The number of allylic oxidation sites excluding steroid dienone is 3. The molecule has 0 aliphatic heterocycles. The first-order chi connectivity index (χ1) is 18.6. The maximum atomic E-state index is 12.3. The topological polar surface area (TPSA) is 89.8 Å². The van der Waals surface area contributed by atoms with Crippen LogP contribution in [0.15, 0.2) is 24.3 Å². The molecule has 3 unspecified atom stereocenters. The first kappa shape index (κ1) is 36.8. The third-order valence-corrected chi connectivity index (χ3v) is 7.29. The normalized spacial score (nSPS) is 14.3. The van der Waals surface area contributed by atoms with Gasteiger partial charge in [0, 0.05) is 0 Å². The Morgan fingerprint density at radius 2 is 1.08 bits per heavy atom. The highest BCUT2D eigenvalue weighted by molar-refractivity contribution is 5.80. The number of rotatable bonds is 28. The summed E-state index contributed by atoms with van der Waals surface area (Å²) in [5.41, 5.74) is 0. The minimum atomic E-state index is -1.10. The summed E-state index contributed by atoms with van der Waals surface area (Å²) in [5, 5.41) is 32.7. The maximum Gasteiger partial charge on any atom is 0.249 e. The predicted molar refractivity (Wildman–Crippen MR) is 162 cm³/mol. The van der Waals surface area contributed by atoms with Crippen LogP contribution in [-0.2, 0) is 4.79 Å². The molecule has 0 saturated carbocycles. The summed E-state index contributed by atoms with van der Waals surface area (Å²) >= 11 is 0. The van der Waals surface area contributed by atoms with Crippen molar-refractivity contribution < 1.29 is 20.1 Å². The van der Waals surface area contributed by atoms with Crippen LogP contribution < -0.4 is 5.32 Å². The van der Waals surface area contributed by atoms with Crippen LogP contribution in [0.1, 0.15) is 155 Å². The molecule has 0 saturated heterocycles. The SMILES string of the molecule is CCCCCCCCCC/C=C/CC/C=C/C(O)C(CO)NC(=O)C(O)CCCCCCCCCCCC. The van der Waals surface area contributed by atoms with Crippen molar-refractivity contribution in [2.45, 2.75) is 173 Å². The summed E-state index contributed by atoms with van der Waals surface area (Å²) in [7, 11) is 0. The first-order valence-electron chi connectivity index (χ1n) is 16.2. The Labute approximate surface area is 235 Å². The molecular weight excluding hydrogens is 474 g/mol. The van der Waals surface area contributed by atoms with Crippen molar-refractivity contribution in [2.24, 2.45) is 0 Å². The summed E-state index contributed by atoms with van der Waals surface area (Å²) in [6, 6.07) is -0.807. The van der Waals surface area contributed by atoms with E-state index in [0.29, 0.717) is 6.42 Å². The van der Waals surface area contributed by atoms with E-state index in [9.17, 15) is 20.1 Å². The van der Waals surface area contributed by atoms with Crippen molar-refractivity contribution in [3.63, 3.8) is 0 Å². The summed E-state index contributed by atoms with van der Waals surface area (Å²) in [6.07, 6.45) is 31.9. The molecule has 0 fully saturated rings. The van der Waals surface area contributed by atoms with E-state index >= 15 is 0 Å². The molecule has 0 aromatic carbocycles. The van der Waals surface area contributed by atoms with E-state index in [0.717, 1.165) is 38.5 Å². The number of aliphatic hydroxyl groups is 3. The van der Waals surface area contributed by atoms with E-state index in [2.05, 4.69) is 31.3 Å². The smallest absolute Gasteiger partial charge is 0.249 e. The van der Waals surface area contributed by atoms with Gasteiger partial charge in [-0.15, -0.1) is 0 Å². The molecule has 38 heavy (non-hydrogen) atoms. The van der Waals surface area contributed by atoms with Gasteiger partial charge >= 0.3 is 0 Å². The van der Waals surface area contributed by atoms with E-state index in [4.69, 9.17) is 0 Å². The van der Waals surface area contributed by atoms with Crippen molar-refractivity contribution in [3.8, 4) is 0 Å². The summed E-state index contributed by atoms with van der Waals surface area (Å²) in [5.74, 6) is -0.517. The Morgan fingerprint density at radius 1 is 0.632 bits per heavy atom. The quantitative estimate of drug-likeness (QED) is 0.0603. The fraction of sp³-hybridized carbons (Fsp3) is 0.848. The molecule has 0 rings (SSSR count). The number of nitrogens with one attached hydrogen (secondary N) is 1. The number of hydrogen-bond acceptors (Lipinski definition) is 4. The second kappa shape index (κ2) is 28.8. The summed E-state index contributed by atoms with van der Waals surface area (Å²) in [6.45, 7) is 4.11. The van der Waals surface area contributed by atoms with Crippen molar-refractivity contribution in [1.82, 2.24) is 5.32 Å². The molecule has 5 nitrogen and oxygen atoms in total. The standard InChI is InChI=1S/C33H63NO4/c1-3-5-7-9-11-13-15-16-17-18-20-21-23-25-27-31(36)30(29-35)34-33(38)32(37)28-26-24-22-19-14-12-10-8-6-4-2/h18,20,25,27,30-32,35-37H,3-17,19,21-24,26,28-29H2,1-2H3,(H,34,38)/b20-18+,27-25+. The van der Waals surface area contributed by atoms with Gasteiger partial charge in [0.2, 0.25) is 5.91 Å². The molecule has 3 atom stereocenters. The van der Waals surface area contributed by atoms with Crippen molar-refractivity contribution in [1.29, 1.82) is 0 Å². The van der Waals surface area contributed by atoms with Crippen LogP contribution in [0.4, 0.5) is 0 Å². The van der Waals surface area contributed by atoms with Crippen LogP contribution in [-0.4, -0.2) is 46.1 Å². The highest BCUT2D eigenvalue weighted by atomic mass is 16.3. The largest absolute Gasteiger partial charge is 0.394 e. The van der Waals surface area contributed by atoms with Gasteiger partial charge in [0.05, 0.1) is 18.8 Å². The van der Waals surface area contributed by atoms with Gasteiger partial charge in [0.15, 0.2) is 0 Å². The van der Waals surface area contributed by atoms with Crippen molar-refractivity contribution >= 4 is 5.91 Å². The molecule has 224 valence electrons. The molecule has 0 spiro atoms. The Kier molecular flexibility index (Phi) is 27.9. The van der Waals surface area contributed by atoms with Crippen LogP contribution in [0.5, 0.6) is 0 Å². The van der Waals surface area contributed by atoms with E-state index in [1.807, 2.05) is 6.08 Å². The summed E-state index contributed by atoms with van der Waals surface area (Å²) < 4.78 is 0. The first-order valence-corrected chi connectivity index (χ1v) is 16.2. The van der Waals surface area contributed by atoms with Gasteiger partial charge in [-0.05, 0) is 32.1 Å². The molecule has 0 aromatic rings. The minimum absolute atomic E-state index is 0.374. The molecule has 0 aromatic heterocycles. The van der Waals surface area contributed by atoms with Gasteiger partial charge in [-0.25, -0.2) is 0 Å². The predicted octanol–water partition coefficient (Wildman–Crippen LogP) is 7.92. The molecular formula is C33H63NO4. The zero-order valence-electron chi connectivity index (χ0n) is 25.1. The van der Waals surface area contributed by atoms with Crippen molar-refractivity contribution in [2.75, 3.05) is 6.61 Å². The number of carbonyl (C=O) groups is 1. The van der Waals surface area contributed by atoms with Gasteiger partial charge in [-0.1, -0.05) is 147 Å². The zero-order valence-corrected chi connectivity index (χ0v) is 25.1. The van der Waals surface area contributed by atoms with E-state index in [1.165, 1.54) is 96.3 Å². The summed E-state index contributed by atoms with van der Waals surface area (Å²) in [4.78, 5) is 12.3. The second-order valence-corrected chi connectivity index (χ2v) is 11.0.